The molecule has 0 unspecified atom stereocenters. The fourth-order valence-electron chi connectivity index (χ4n) is 2.88. The average Bonchev–Trinajstić information content (AvgIpc) is 2.47. The predicted octanol–water partition coefficient (Wildman–Crippen LogP) is 3.96. The van der Waals surface area contributed by atoms with E-state index in [1.54, 1.807) is 0 Å². The summed E-state index contributed by atoms with van der Waals surface area (Å²) < 4.78 is 0. The summed E-state index contributed by atoms with van der Waals surface area (Å²) in [6.45, 7) is 3.20. The molecule has 0 bridgehead atoms. The highest BCUT2D eigenvalue weighted by Crippen LogP contribution is 2.17. The second kappa shape index (κ2) is 8.34. The van der Waals surface area contributed by atoms with E-state index in [0.717, 1.165) is 6.54 Å². The van der Waals surface area contributed by atoms with Crippen LogP contribution in [0.1, 0.15) is 63.0 Å². The van der Waals surface area contributed by atoms with Crippen molar-refractivity contribution in [1.29, 1.82) is 0 Å². The topological polar surface area (TPSA) is 24.1 Å². The van der Waals surface area contributed by atoms with Gasteiger partial charge in [-0.25, -0.2) is 0 Å². The molecule has 1 aliphatic carbocycles. The molecule has 2 heteroatoms. The summed E-state index contributed by atoms with van der Waals surface area (Å²) in [7, 11) is 0. The first-order valence-corrected chi connectivity index (χ1v) is 7.95. The standard InChI is InChI=1S/C17H28N2/c1-2-3-9-15-10-7-8-11-16(15)14-18-19-17-12-5-4-6-13-17/h7-8,10-11,17-19H,2-6,9,12-14H2,1H3. The third-order valence-corrected chi connectivity index (χ3v) is 4.11. The van der Waals surface area contributed by atoms with Crippen molar-refractivity contribution in [3.63, 3.8) is 0 Å². The Morgan fingerprint density at radius 3 is 2.53 bits per heavy atom. The zero-order valence-corrected chi connectivity index (χ0v) is 12.3. The van der Waals surface area contributed by atoms with Gasteiger partial charge in [0.05, 0.1) is 0 Å². The number of hydrazine groups is 1. The van der Waals surface area contributed by atoms with E-state index < -0.39 is 0 Å². The number of rotatable bonds is 7. The van der Waals surface area contributed by atoms with Gasteiger partial charge >= 0.3 is 0 Å². The minimum Gasteiger partial charge on any atom is -0.254 e. The molecule has 1 aromatic carbocycles. The van der Waals surface area contributed by atoms with Crippen LogP contribution in [0.2, 0.25) is 0 Å². The Balaban J connectivity index is 1.77. The minimum absolute atomic E-state index is 0.677. The zero-order valence-electron chi connectivity index (χ0n) is 12.3. The van der Waals surface area contributed by atoms with Crippen LogP contribution in [0.15, 0.2) is 24.3 Å². The van der Waals surface area contributed by atoms with Gasteiger partial charge < -0.3 is 0 Å². The highest BCUT2D eigenvalue weighted by Gasteiger charge is 2.12. The number of hydrogen-bond donors (Lipinski definition) is 2. The zero-order chi connectivity index (χ0) is 13.3. The maximum absolute atomic E-state index is 3.50. The van der Waals surface area contributed by atoms with Crippen LogP contribution in [-0.2, 0) is 13.0 Å². The Bertz CT molecular complexity index is 356. The lowest BCUT2D eigenvalue weighted by atomic mass is 9.96. The normalized spacial score (nSPS) is 16.7. The average molecular weight is 260 g/mol. The lowest BCUT2D eigenvalue weighted by Crippen LogP contribution is -2.41. The molecule has 0 amide bonds. The molecule has 2 nitrogen and oxygen atoms in total. The third-order valence-electron chi connectivity index (χ3n) is 4.11. The first-order chi connectivity index (χ1) is 9.40. The SMILES string of the molecule is CCCCc1ccccc1CNNC1CCCCC1. The van der Waals surface area contributed by atoms with Crippen molar-refractivity contribution in [2.45, 2.75) is 70.9 Å². The fraction of sp³-hybridized carbons (Fsp3) is 0.647. The Morgan fingerprint density at radius 1 is 1.05 bits per heavy atom. The van der Waals surface area contributed by atoms with Crippen LogP contribution in [-0.4, -0.2) is 6.04 Å². The summed E-state index contributed by atoms with van der Waals surface area (Å²) >= 11 is 0. The Hall–Kier alpha value is -0.860. The molecule has 0 heterocycles. The summed E-state index contributed by atoms with van der Waals surface area (Å²) in [5, 5.41) is 0. The molecule has 1 fully saturated rings. The molecule has 1 saturated carbocycles. The van der Waals surface area contributed by atoms with Gasteiger partial charge in [0.1, 0.15) is 0 Å². The Morgan fingerprint density at radius 2 is 1.79 bits per heavy atom. The highest BCUT2D eigenvalue weighted by molar-refractivity contribution is 5.27. The maximum atomic E-state index is 3.50. The maximum Gasteiger partial charge on any atom is 0.0353 e. The number of nitrogens with one attached hydrogen (secondary N) is 2. The molecule has 0 spiro atoms. The van der Waals surface area contributed by atoms with Crippen LogP contribution >= 0.6 is 0 Å². The van der Waals surface area contributed by atoms with Crippen LogP contribution in [0.25, 0.3) is 0 Å². The molecule has 0 aliphatic heterocycles. The summed E-state index contributed by atoms with van der Waals surface area (Å²) in [5.41, 5.74) is 9.89. The monoisotopic (exact) mass is 260 g/mol. The van der Waals surface area contributed by atoms with Crippen molar-refractivity contribution in [2.75, 3.05) is 0 Å². The summed E-state index contributed by atoms with van der Waals surface area (Å²) in [6.07, 6.45) is 10.6. The molecule has 0 radical (unpaired) electrons. The van der Waals surface area contributed by atoms with Gasteiger partial charge in [-0.2, -0.15) is 0 Å². The largest absolute Gasteiger partial charge is 0.254 e. The molecule has 106 valence electrons. The van der Waals surface area contributed by atoms with Gasteiger partial charge in [0, 0.05) is 12.6 Å². The number of benzene rings is 1. The van der Waals surface area contributed by atoms with E-state index in [1.807, 2.05) is 0 Å². The van der Waals surface area contributed by atoms with Crippen molar-refractivity contribution >= 4 is 0 Å². The van der Waals surface area contributed by atoms with Crippen LogP contribution in [0.3, 0.4) is 0 Å². The van der Waals surface area contributed by atoms with Crippen molar-refractivity contribution in [1.82, 2.24) is 10.9 Å². The smallest absolute Gasteiger partial charge is 0.0353 e. The quantitative estimate of drug-likeness (QED) is 0.725. The first kappa shape index (κ1) is 14.5. The van der Waals surface area contributed by atoms with E-state index in [9.17, 15) is 0 Å². The molecular weight excluding hydrogens is 232 g/mol. The fourth-order valence-corrected chi connectivity index (χ4v) is 2.88. The van der Waals surface area contributed by atoms with Crippen molar-refractivity contribution < 1.29 is 0 Å². The minimum atomic E-state index is 0.677. The van der Waals surface area contributed by atoms with E-state index in [2.05, 4.69) is 42.0 Å². The van der Waals surface area contributed by atoms with Crippen LogP contribution < -0.4 is 10.9 Å². The van der Waals surface area contributed by atoms with Crippen LogP contribution in [0, 0.1) is 0 Å². The van der Waals surface area contributed by atoms with Crippen LogP contribution in [0.5, 0.6) is 0 Å². The van der Waals surface area contributed by atoms with Crippen molar-refractivity contribution in [2.24, 2.45) is 0 Å². The summed E-state index contributed by atoms with van der Waals surface area (Å²) in [4.78, 5) is 0. The molecule has 1 aliphatic rings. The summed E-state index contributed by atoms with van der Waals surface area (Å²) in [6, 6.07) is 9.50. The molecule has 1 aromatic rings. The molecule has 2 N–H and O–H groups in total. The van der Waals surface area contributed by atoms with E-state index >= 15 is 0 Å². The van der Waals surface area contributed by atoms with E-state index in [-0.39, 0.29) is 0 Å². The number of aryl methyl sites for hydroxylation is 1. The molecule has 0 atom stereocenters. The summed E-state index contributed by atoms with van der Waals surface area (Å²) in [5.74, 6) is 0. The van der Waals surface area contributed by atoms with Gasteiger partial charge in [-0.3, -0.25) is 10.9 Å². The van der Waals surface area contributed by atoms with Gasteiger partial charge in [0.15, 0.2) is 0 Å². The molecular formula is C17H28N2. The van der Waals surface area contributed by atoms with Gasteiger partial charge in [-0.05, 0) is 36.8 Å². The number of unbranched alkanes of at least 4 members (excludes halogenated alkanes) is 1. The van der Waals surface area contributed by atoms with Gasteiger partial charge in [0.2, 0.25) is 0 Å². The van der Waals surface area contributed by atoms with Crippen molar-refractivity contribution in [3.05, 3.63) is 35.4 Å². The Labute approximate surface area is 118 Å². The predicted molar refractivity (Wildman–Crippen MR) is 81.9 cm³/mol. The van der Waals surface area contributed by atoms with Gasteiger partial charge in [0.25, 0.3) is 0 Å². The van der Waals surface area contributed by atoms with Crippen molar-refractivity contribution in [3.8, 4) is 0 Å². The first-order valence-electron chi connectivity index (χ1n) is 7.95. The van der Waals surface area contributed by atoms with Crippen LogP contribution in [0.4, 0.5) is 0 Å². The molecule has 0 aromatic heterocycles. The van der Waals surface area contributed by atoms with Gasteiger partial charge in [-0.15, -0.1) is 0 Å². The van der Waals surface area contributed by atoms with E-state index in [4.69, 9.17) is 0 Å². The van der Waals surface area contributed by atoms with Gasteiger partial charge in [-0.1, -0.05) is 56.9 Å². The van der Waals surface area contributed by atoms with E-state index in [1.165, 1.54) is 62.5 Å². The van der Waals surface area contributed by atoms with E-state index in [0.29, 0.717) is 6.04 Å². The second-order valence-electron chi connectivity index (χ2n) is 5.71. The second-order valence-corrected chi connectivity index (χ2v) is 5.71. The lowest BCUT2D eigenvalue weighted by molar-refractivity contribution is 0.332. The molecule has 2 rings (SSSR count). The molecule has 19 heavy (non-hydrogen) atoms. The molecule has 0 saturated heterocycles. The number of hydrogen-bond acceptors (Lipinski definition) is 2. The Kier molecular flexibility index (Phi) is 6.38. The highest BCUT2D eigenvalue weighted by atomic mass is 15.4. The third kappa shape index (κ3) is 4.96. The lowest BCUT2D eigenvalue weighted by Gasteiger charge is -2.23.